The number of rotatable bonds is 5. The van der Waals surface area contributed by atoms with Crippen LogP contribution in [0, 0.1) is 0 Å². The number of nitrogens with zero attached hydrogens (tertiary/aromatic N) is 1. The van der Waals surface area contributed by atoms with E-state index in [1.807, 2.05) is 13.8 Å². The van der Waals surface area contributed by atoms with Crippen molar-refractivity contribution >= 4 is 28.3 Å². The molecule has 2 unspecified atom stereocenters. The third-order valence-electron chi connectivity index (χ3n) is 2.59. The number of halogens is 1. The van der Waals surface area contributed by atoms with Gasteiger partial charge in [-0.2, -0.15) is 0 Å². The predicted molar refractivity (Wildman–Crippen MR) is 74.5 cm³/mol. The number of aryl methyl sites for hydroxylation is 1. The van der Waals surface area contributed by atoms with Crippen molar-refractivity contribution in [1.29, 1.82) is 0 Å². The van der Waals surface area contributed by atoms with E-state index in [2.05, 4.69) is 10.3 Å². The van der Waals surface area contributed by atoms with Crippen LogP contribution in [0.25, 0.3) is 0 Å². The zero-order valence-electron chi connectivity index (χ0n) is 10.7. The molecule has 0 aliphatic carbocycles. The molecule has 0 aliphatic rings. The van der Waals surface area contributed by atoms with Gasteiger partial charge in [0.15, 0.2) is 0 Å². The standard InChI is InChI=1S/C12H17ClN2O2S/c1-4-10-5-9(6-11(13)15-10)12(16)14-7-8(2)18(3)17/h5-6,8H,4,7H2,1-3H3,(H,14,16). The summed E-state index contributed by atoms with van der Waals surface area (Å²) in [5.74, 6) is -0.216. The molecule has 1 N–H and O–H groups in total. The van der Waals surface area contributed by atoms with Crippen molar-refractivity contribution in [3.05, 3.63) is 28.5 Å². The van der Waals surface area contributed by atoms with Crippen LogP contribution in [0.4, 0.5) is 0 Å². The quantitative estimate of drug-likeness (QED) is 0.841. The summed E-state index contributed by atoms with van der Waals surface area (Å²) in [6.45, 7) is 4.15. The first kappa shape index (κ1) is 15.1. The van der Waals surface area contributed by atoms with Gasteiger partial charge in [0.05, 0.1) is 0 Å². The number of amides is 1. The van der Waals surface area contributed by atoms with Crippen LogP contribution in [0.2, 0.25) is 5.15 Å². The monoisotopic (exact) mass is 288 g/mol. The molecule has 6 heteroatoms. The number of hydrogen-bond acceptors (Lipinski definition) is 3. The number of aromatic nitrogens is 1. The van der Waals surface area contributed by atoms with Crippen molar-refractivity contribution in [1.82, 2.24) is 10.3 Å². The second-order valence-corrected chi connectivity index (χ2v) is 6.23. The highest BCUT2D eigenvalue weighted by atomic mass is 35.5. The van der Waals surface area contributed by atoms with E-state index < -0.39 is 10.8 Å². The fourth-order valence-electron chi connectivity index (χ4n) is 1.32. The Morgan fingerprint density at radius 1 is 1.56 bits per heavy atom. The molecule has 0 saturated carbocycles. The van der Waals surface area contributed by atoms with Gasteiger partial charge in [-0.1, -0.05) is 18.5 Å². The molecule has 0 aliphatic heterocycles. The van der Waals surface area contributed by atoms with Crippen LogP contribution in [0.3, 0.4) is 0 Å². The first-order valence-corrected chi connectivity index (χ1v) is 7.70. The van der Waals surface area contributed by atoms with E-state index in [0.717, 1.165) is 12.1 Å². The van der Waals surface area contributed by atoms with E-state index in [1.165, 1.54) is 6.07 Å². The molecule has 1 aromatic rings. The van der Waals surface area contributed by atoms with Crippen molar-refractivity contribution < 1.29 is 9.00 Å². The molecular formula is C12H17ClN2O2S. The Bertz CT molecular complexity index is 465. The van der Waals surface area contributed by atoms with Gasteiger partial charge in [-0.15, -0.1) is 0 Å². The molecule has 0 radical (unpaired) electrons. The molecular weight excluding hydrogens is 272 g/mol. The zero-order valence-corrected chi connectivity index (χ0v) is 12.3. The van der Waals surface area contributed by atoms with Crippen LogP contribution in [0.5, 0.6) is 0 Å². The van der Waals surface area contributed by atoms with Crippen molar-refractivity contribution in [3.63, 3.8) is 0 Å². The Kier molecular flexibility index (Phi) is 5.75. The summed E-state index contributed by atoms with van der Waals surface area (Å²) in [5.41, 5.74) is 1.26. The van der Waals surface area contributed by atoms with Crippen molar-refractivity contribution in [2.24, 2.45) is 0 Å². The molecule has 1 aromatic heterocycles. The summed E-state index contributed by atoms with van der Waals surface area (Å²) in [7, 11) is -0.947. The van der Waals surface area contributed by atoms with E-state index >= 15 is 0 Å². The maximum Gasteiger partial charge on any atom is 0.251 e. The second kappa shape index (κ2) is 6.85. The Morgan fingerprint density at radius 2 is 2.22 bits per heavy atom. The van der Waals surface area contributed by atoms with Crippen molar-refractivity contribution in [3.8, 4) is 0 Å². The number of pyridine rings is 1. The van der Waals surface area contributed by atoms with Crippen molar-refractivity contribution in [2.75, 3.05) is 12.8 Å². The Balaban J connectivity index is 2.72. The van der Waals surface area contributed by atoms with Gasteiger partial charge in [0.1, 0.15) is 5.15 Å². The third kappa shape index (κ3) is 4.38. The SMILES string of the molecule is CCc1cc(C(=O)NCC(C)S(C)=O)cc(Cl)n1. The zero-order chi connectivity index (χ0) is 13.7. The first-order chi connectivity index (χ1) is 8.43. The minimum atomic E-state index is -0.947. The largest absolute Gasteiger partial charge is 0.351 e. The molecule has 100 valence electrons. The van der Waals surface area contributed by atoms with Crippen LogP contribution in [0.15, 0.2) is 12.1 Å². The molecule has 0 bridgehead atoms. The van der Waals surface area contributed by atoms with E-state index in [1.54, 1.807) is 12.3 Å². The molecule has 1 rings (SSSR count). The highest BCUT2D eigenvalue weighted by molar-refractivity contribution is 7.84. The molecule has 0 saturated heterocycles. The lowest BCUT2D eigenvalue weighted by Gasteiger charge is -2.10. The van der Waals surface area contributed by atoms with Gasteiger partial charge in [0, 0.05) is 40.1 Å². The molecule has 18 heavy (non-hydrogen) atoms. The van der Waals surface area contributed by atoms with Crippen LogP contribution >= 0.6 is 11.6 Å². The highest BCUT2D eigenvalue weighted by Gasteiger charge is 2.11. The highest BCUT2D eigenvalue weighted by Crippen LogP contribution is 2.11. The molecule has 1 heterocycles. The number of hydrogen-bond donors (Lipinski definition) is 1. The molecule has 4 nitrogen and oxygen atoms in total. The maximum atomic E-state index is 11.9. The van der Waals surface area contributed by atoms with E-state index in [9.17, 15) is 9.00 Å². The third-order valence-corrected chi connectivity index (χ3v) is 4.08. The summed E-state index contributed by atoms with van der Waals surface area (Å²) < 4.78 is 11.2. The van der Waals surface area contributed by atoms with E-state index in [0.29, 0.717) is 17.3 Å². The van der Waals surface area contributed by atoms with Crippen LogP contribution in [-0.4, -0.2) is 33.2 Å². The summed E-state index contributed by atoms with van der Waals surface area (Å²) >= 11 is 5.85. The lowest BCUT2D eigenvalue weighted by Crippen LogP contribution is -2.32. The lowest BCUT2D eigenvalue weighted by molar-refractivity contribution is 0.0954. The van der Waals surface area contributed by atoms with Crippen LogP contribution in [0.1, 0.15) is 29.9 Å². The average molecular weight is 289 g/mol. The van der Waals surface area contributed by atoms with Gasteiger partial charge < -0.3 is 5.32 Å². The topological polar surface area (TPSA) is 59.1 Å². The van der Waals surface area contributed by atoms with Gasteiger partial charge in [-0.25, -0.2) is 4.98 Å². The predicted octanol–water partition coefficient (Wildman–Crippen LogP) is 1.79. The molecule has 0 fully saturated rings. The number of carbonyl (C=O) groups is 1. The normalized spacial score (nSPS) is 14.0. The summed E-state index contributed by atoms with van der Waals surface area (Å²) in [6, 6.07) is 3.25. The summed E-state index contributed by atoms with van der Waals surface area (Å²) in [4.78, 5) is 16.0. The Hall–Kier alpha value is -0.940. The Morgan fingerprint density at radius 3 is 2.78 bits per heavy atom. The van der Waals surface area contributed by atoms with Crippen LogP contribution < -0.4 is 5.32 Å². The maximum absolute atomic E-state index is 11.9. The fraction of sp³-hybridized carbons (Fsp3) is 0.500. The minimum absolute atomic E-state index is 0.0723. The van der Waals surface area contributed by atoms with Gasteiger partial charge in [-0.3, -0.25) is 9.00 Å². The van der Waals surface area contributed by atoms with E-state index in [-0.39, 0.29) is 11.2 Å². The summed E-state index contributed by atoms with van der Waals surface area (Å²) in [6.07, 6.45) is 2.34. The smallest absolute Gasteiger partial charge is 0.251 e. The minimum Gasteiger partial charge on any atom is -0.351 e. The van der Waals surface area contributed by atoms with Gasteiger partial charge in [0.2, 0.25) is 0 Å². The molecule has 2 atom stereocenters. The van der Waals surface area contributed by atoms with Crippen molar-refractivity contribution in [2.45, 2.75) is 25.5 Å². The molecule has 1 amide bonds. The summed E-state index contributed by atoms with van der Waals surface area (Å²) in [5, 5.41) is 2.98. The van der Waals surface area contributed by atoms with Gasteiger partial charge in [-0.05, 0) is 25.5 Å². The van der Waals surface area contributed by atoms with Crippen LogP contribution in [-0.2, 0) is 17.2 Å². The molecule has 0 aromatic carbocycles. The van der Waals surface area contributed by atoms with Gasteiger partial charge in [0.25, 0.3) is 5.91 Å². The lowest BCUT2D eigenvalue weighted by atomic mass is 10.2. The first-order valence-electron chi connectivity index (χ1n) is 5.71. The number of carbonyl (C=O) groups excluding carboxylic acids is 1. The van der Waals surface area contributed by atoms with E-state index in [4.69, 9.17) is 11.6 Å². The van der Waals surface area contributed by atoms with Gasteiger partial charge >= 0.3 is 0 Å². The fourth-order valence-corrected chi connectivity index (χ4v) is 1.86. The Labute approximate surface area is 115 Å². The number of nitrogens with one attached hydrogen (secondary N) is 1. The second-order valence-electron chi connectivity index (χ2n) is 4.04. The average Bonchev–Trinajstić information content (AvgIpc) is 2.34. The molecule has 0 spiro atoms.